The van der Waals surface area contributed by atoms with E-state index in [2.05, 4.69) is 10.3 Å². The van der Waals surface area contributed by atoms with Gasteiger partial charge in [-0.15, -0.1) is 0 Å². The van der Waals surface area contributed by atoms with Gasteiger partial charge in [-0.3, -0.25) is 9.78 Å². The van der Waals surface area contributed by atoms with E-state index < -0.39 is 6.04 Å². The fraction of sp³-hybridized carbons (Fsp3) is 0.400. The van der Waals surface area contributed by atoms with Gasteiger partial charge in [0.25, 0.3) is 0 Å². The Kier molecular flexibility index (Phi) is 3.59. The Morgan fingerprint density at radius 1 is 1.50 bits per heavy atom. The number of hydrogen-bond donors (Lipinski definition) is 2. The Bertz CT molecular complexity index is 297. The Morgan fingerprint density at radius 2 is 2.21 bits per heavy atom. The van der Waals surface area contributed by atoms with E-state index >= 15 is 0 Å². The standard InChI is InChI=1S/C10H15N3O/c1-7(11)10(14)13-8(2)9-5-3-4-6-12-9/h3-8H,11H2,1-2H3,(H,13,14)/t7-,8-/m0/s1. The van der Waals surface area contributed by atoms with Crippen LogP contribution in [-0.4, -0.2) is 16.9 Å². The fourth-order valence-electron chi connectivity index (χ4n) is 1.05. The second kappa shape index (κ2) is 4.72. The predicted molar refractivity (Wildman–Crippen MR) is 54.4 cm³/mol. The molecule has 0 aliphatic heterocycles. The van der Waals surface area contributed by atoms with E-state index in [-0.39, 0.29) is 11.9 Å². The summed E-state index contributed by atoms with van der Waals surface area (Å²) in [5.74, 6) is -0.164. The van der Waals surface area contributed by atoms with Crippen molar-refractivity contribution in [2.75, 3.05) is 0 Å². The van der Waals surface area contributed by atoms with Gasteiger partial charge in [-0.1, -0.05) is 6.07 Å². The summed E-state index contributed by atoms with van der Waals surface area (Å²) in [6.45, 7) is 3.53. The minimum atomic E-state index is -0.485. The SMILES string of the molecule is C[C@H](N)C(=O)N[C@@H](C)c1ccccn1. The molecule has 1 heterocycles. The van der Waals surface area contributed by atoms with E-state index in [1.54, 1.807) is 13.1 Å². The molecule has 1 amide bonds. The molecule has 1 aromatic heterocycles. The lowest BCUT2D eigenvalue weighted by molar-refractivity contribution is -0.122. The average Bonchev–Trinajstić information content (AvgIpc) is 2.19. The van der Waals surface area contributed by atoms with Crippen molar-refractivity contribution in [3.63, 3.8) is 0 Å². The number of carbonyl (C=O) groups is 1. The van der Waals surface area contributed by atoms with Gasteiger partial charge in [0.15, 0.2) is 0 Å². The molecule has 2 atom stereocenters. The maximum absolute atomic E-state index is 11.3. The number of nitrogens with two attached hydrogens (primary N) is 1. The molecule has 0 aliphatic carbocycles. The molecule has 0 spiro atoms. The first-order valence-electron chi connectivity index (χ1n) is 4.58. The smallest absolute Gasteiger partial charge is 0.237 e. The summed E-state index contributed by atoms with van der Waals surface area (Å²) in [6, 6.07) is 5.00. The lowest BCUT2D eigenvalue weighted by Gasteiger charge is -2.14. The van der Waals surface area contributed by atoms with E-state index in [0.29, 0.717) is 0 Å². The van der Waals surface area contributed by atoms with Crippen LogP contribution in [0.2, 0.25) is 0 Å². The van der Waals surface area contributed by atoms with Crippen molar-refractivity contribution in [2.45, 2.75) is 25.9 Å². The summed E-state index contributed by atoms with van der Waals surface area (Å²) in [7, 11) is 0. The van der Waals surface area contributed by atoms with Crippen LogP contribution in [0.3, 0.4) is 0 Å². The predicted octanol–water partition coefficient (Wildman–Crippen LogP) is 0.606. The van der Waals surface area contributed by atoms with Crippen LogP contribution in [-0.2, 0) is 4.79 Å². The van der Waals surface area contributed by atoms with Crippen LogP contribution in [0.15, 0.2) is 24.4 Å². The highest BCUT2D eigenvalue weighted by molar-refractivity contribution is 5.81. The monoisotopic (exact) mass is 193 g/mol. The molecule has 76 valence electrons. The van der Waals surface area contributed by atoms with Crippen LogP contribution in [0.1, 0.15) is 25.6 Å². The molecule has 0 aliphatic rings. The minimum Gasteiger partial charge on any atom is -0.347 e. The first-order chi connectivity index (χ1) is 6.61. The number of rotatable bonds is 3. The molecule has 0 fully saturated rings. The molecule has 4 nitrogen and oxygen atoms in total. The summed E-state index contributed by atoms with van der Waals surface area (Å²) in [5.41, 5.74) is 6.26. The lowest BCUT2D eigenvalue weighted by Crippen LogP contribution is -2.39. The van der Waals surface area contributed by atoms with Gasteiger partial charge in [-0.05, 0) is 26.0 Å². The van der Waals surface area contributed by atoms with E-state index in [0.717, 1.165) is 5.69 Å². The van der Waals surface area contributed by atoms with Crippen LogP contribution in [0.5, 0.6) is 0 Å². The van der Waals surface area contributed by atoms with E-state index in [1.165, 1.54) is 0 Å². The maximum atomic E-state index is 11.3. The van der Waals surface area contributed by atoms with Gasteiger partial charge in [0.05, 0.1) is 17.8 Å². The third-order valence-electron chi connectivity index (χ3n) is 1.90. The van der Waals surface area contributed by atoms with Gasteiger partial charge in [-0.25, -0.2) is 0 Å². The molecule has 0 bridgehead atoms. The molecule has 0 saturated carbocycles. The van der Waals surface area contributed by atoms with Gasteiger partial charge in [0.1, 0.15) is 0 Å². The van der Waals surface area contributed by atoms with Gasteiger partial charge >= 0.3 is 0 Å². The summed E-state index contributed by atoms with van der Waals surface area (Å²) in [6.07, 6.45) is 1.70. The summed E-state index contributed by atoms with van der Waals surface area (Å²) in [4.78, 5) is 15.4. The van der Waals surface area contributed by atoms with Crippen LogP contribution in [0.4, 0.5) is 0 Å². The molecular weight excluding hydrogens is 178 g/mol. The number of aromatic nitrogens is 1. The van der Waals surface area contributed by atoms with Gasteiger partial charge in [-0.2, -0.15) is 0 Å². The fourth-order valence-corrected chi connectivity index (χ4v) is 1.05. The molecule has 4 heteroatoms. The first kappa shape index (κ1) is 10.7. The zero-order valence-electron chi connectivity index (χ0n) is 8.40. The molecule has 0 radical (unpaired) electrons. The number of pyridine rings is 1. The van der Waals surface area contributed by atoms with Crippen molar-refractivity contribution in [2.24, 2.45) is 5.73 Å². The first-order valence-corrected chi connectivity index (χ1v) is 4.58. The Balaban J connectivity index is 2.59. The second-order valence-electron chi connectivity index (χ2n) is 3.27. The van der Waals surface area contributed by atoms with Crippen LogP contribution < -0.4 is 11.1 Å². The molecule has 1 rings (SSSR count). The molecule has 0 saturated heterocycles. The number of carbonyl (C=O) groups excluding carboxylic acids is 1. The highest BCUT2D eigenvalue weighted by Crippen LogP contribution is 2.07. The third kappa shape index (κ3) is 2.81. The van der Waals surface area contributed by atoms with Gasteiger partial charge in [0, 0.05) is 6.20 Å². The molecule has 0 aromatic carbocycles. The second-order valence-corrected chi connectivity index (χ2v) is 3.27. The van der Waals surface area contributed by atoms with Gasteiger partial charge < -0.3 is 11.1 Å². The summed E-state index contributed by atoms with van der Waals surface area (Å²) >= 11 is 0. The Labute approximate surface area is 83.5 Å². The zero-order valence-corrected chi connectivity index (χ0v) is 8.40. The Hall–Kier alpha value is -1.42. The number of hydrogen-bond acceptors (Lipinski definition) is 3. The zero-order chi connectivity index (χ0) is 10.6. The lowest BCUT2D eigenvalue weighted by atomic mass is 10.2. The van der Waals surface area contributed by atoms with E-state index in [1.807, 2.05) is 25.1 Å². The van der Waals surface area contributed by atoms with Crippen molar-refractivity contribution >= 4 is 5.91 Å². The average molecular weight is 193 g/mol. The largest absolute Gasteiger partial charge is 0.347 e. The molecular formula is C10H15N3O. The van der Waals surface area contributed by atoms with Gasteiger partial charge in [0.2, 0.25) is 5.91 Å². The number of nitrogens with zero attached hydrogens (tertiary/aromatic N) is 1. The third-order valence-corrected chi connectivity index (χ3v) is 1.90. The van der Waals surface area contributed by atoms with E-state index in [4.69, 9.17) is 5.73 Å². The topological polar surface area (TPSA) is 68.0 Å². The molecule has 3 N–H and O–H groups in total. The molecule has 14 heavy (non-hydrogen) atoms. The number of amides is 1. The van der Waals surface area contributed by atoms with Crippen molar-refractivity contribution in [3.05, 3.63) is 30.1 Å². The van der Waals surface area contributed by atoms with Crippen molar-refractivity contribution in [3.8, 4) is 0 Å². The minimum absolute atomic E-state index is 0.102. The summed E-state index contributed by atoms with van der Waals surface area (Å²) in [5, 5.41) is 2.77. The van der Waals surface area contributed by atoms with Crippen molar-refractivity contribution in [1.29, 1.82) is 0 Å². The van der Waals surface area contributed by atoms with Crippen LogP contribution in [0, 0.1) is 0 Å². The number of nitrogens with one attached hydrogen (secondary N) is 1. The Morgan fingerprint density at radius 3 is 2.71 bits per heavy atom. The van der Waals surface area contributed by atoms with Crippen molar-refractivity contribution in [1.82, 2.24) is 10.3 Å². The molecule has 1 aromatic rings. The van der Waals surface area contributed by atoms with Crippen molar-refractivity contribution < 1.29 is 4.79 Å². The normalized spacial score (nSPS) is 14.5. The molecule has 0 unspecified atom stereocenters. The summed E-state index contributed by atoms with van der Waals surface area (Å²) < 4.78 is 0. The maximum Gasteiger partial charge on any atom is 0.237 e. The van der Waals surface area contributed by atoms with E-state index in [9.17, 15) is 4.79 Å². The van der Waals surface area contributed by atoms with Crippen LogP contribution >= 0.6 is 0 Å². The van der Waals surface area contributed by atoms with Crippen LogP contribution in [0.25, 0.3) is 0 Å². The highest BCUT2D eigenvalue weighted by atomic mass is 16.2. The quantitative estimate of drug-likeness (QED) is 0.739. The highest BCUT2D eigenvalue weighted by Gasteiger charge is 2.12.